The highest BCUT2D eigenvalue weighted by molar-refractivity contribution is 5.92. The third-order valence-corrected chi connectivity index (χ3v) is 4.52. The lowest BCUT2D eigenvalue weighted by Crippen LogP contribution is -2.20. The standard InChI is InChI=1S/C23H22N4O3/c1-15-12-16(2)24-22-21(15)23(26-27(22)3)29-14-20(28)25-17-8-7-11-19(13-17)30-18-9-5-4-6-10-18/h4-13H,14H2,1-3H3,(H,25,28). The van der Waals surface area contributed by atoms with Crippen molar-refractivity contribution < 1.29 is 14.3 Å². The highest BCUT2D eigenvalue weighted by atomic mass is 16.5. The Balaban J connectivity index is 1.42. The van der Waals surface area contributed by atoms with Crippen LogP contribution in [0.3, 0.4) is 0 Å². The maximum atomic E-state index is 12.4. The molecule has 2 heterocycles. The minimum Gasteiger partial charge on any atom is -0.466 e. The van der Waals surface area contributed by atoms with E-state index in [-0.39, 0.29) is 12.5 Å². The second kappa shape index (κ2) is 8.24. The molecule has 2 aromatic heterocycles. The summed E-state index contributed by atoms with van der Waals surface area (Å²) in [5.41, 5.74) is 3.27. The number of nitrogens with zero attached hydrogens (tertiary/aromatic N) is 3. The van der Waals surface area contributed by atoms with Crippen LogP contribution in [0.5, 0.6) is 17.4 Å². The number of fused-ring (bicyclic) bond motifs is 1. The summed E-state index contributed by atoms with van der Waals surface area (Å²) < 4.78 is 13.2. The number of carbonyl (C=O) groups is 1. The Labute approximate surface area is 174 Å². The van der Waals surface area contributed by atoms with Crippen LogP contribution in [0.1, 0.15) is 11.3 Å². The summed E-state index contributed by atoms with van der Waals surface area (Å²) >= 11 is 0. The van der Waals surface area contributed by atoms with Gasteiger partial charge in [-0.05, 0) is 49.7 Å². The summed E-state index contributed by atoms with van der Waals surface area (Å²) in [7, 11) is 1.80. The van der Waals surface area contributed by atoms with E-state index >= 15 is 0 Å². The van der Waals surface area contributed by atoms with Crippen molar-refractivity contribution in [2.75, 3.05) is 11.9 Å². The summed E-state index contributed by atoms with van der Waals surface area (Å²) in [4.78, 5) is 16.9. The number of pyridine rings is 1. The van der Waals surface area contributed by atoms with E-state index in [2.05, 4.69) is 15.4 Å². The van der Waals surface area contributed by atoms with Crippen LogP contribution in [0.4, 0.5) is 5.69 Å². The van der Waals surface area contributed by atoms with E-state index in [0.717, 1.165) is 28.0 Å². The van der Waals surface area contributed by atoms with Crippen LogP contribution in [-0.2, 0) is 11.8 Å². The molecule has 0 aliphatic carbocycles. The average Bonchev–Trinajstić information content (AvgIpc) is 3.03. The Morgan fingerprint density at radius 3 is 2.60 bits per heavy atom. The van der Waals surface area contributed by atoms with Gasteiger partial charge in [-0.1, -0.05) is 24.3 Å². The van der Waals surface area contributed by atoms with Crippen LogP contribution in [0.25, 0.3) is 11.0 Å². The van der Waals surface area contributed by atoms with Gasteiger partial charge in [0.05, 0.1) is 5.39 Å². The predicted octanol–water partition coefficient (Wildman–Crippen LogP) is 4.39. The van der Waals surface area contributed by atoms with Gasteiger partial charge >= 0.3 is 0 Å². The number of carbonyl (C=O) groups excluding carboxylic acids is 1. The number of hydrogen-bond acceptors (Lipinski definition) is 5. The summed E-state index contributed by atoms with van der Waals surface area (Å²) in [5.74, 6) is 1.47. The van der Waals surface area contributed by atoms with E-state index in [9.17, 15) is 4.79 Å². The fraction of sp³-hybridized carbons (Fsp3) is 0.174. The van der Waals surface area contributed by atoms with Gasteiger partial charge in [0.25, 0.3) is 5.91 Å². The number of para-hydroxylation sites is 1. The molecule has 1 N–H and O–H groups in total. The molecule has 0 bridgehead atoms. The Hall–Kier alpha value is -3.87. The van der Waals surface area contributed by atoms with Gasteiger partial charge in [-0.25, -0.2) is 9.67 Å². The maximum absolute atomic E-state index is 12.4. The SMILES string of the molecule is Cc1cc(C)c2c(OCC(=O)Nc3cccc(Oc4ccccc4)c3)nn(C)c2n1. The van der Waals surface area contributed by atoms with Gasteiger partial charge in [0.15, 0.2) is 12.3 Å². The van der Waals surface area contributed by atoms with Crippen LogP contribution in [0.2, 0.25) is 0 Å². The first-order chi connectivity index (χ1) is 14.5. The Bertz CT molecular complexity index is 1200. The van der Waals surface area contributed by atoms with Gasteiger partial charge in [0, 0.05) is 24.5 Å². The molecule has 0 atom stereocenters. The van der Waals surface area contributed by atoms with Crippen LogP contribution < -0.4 is 14.8 Å². The quantitative estimate of drug-likeness (QED) is 0.517. The minimum atomic E-state index is -0.289. The molecular formula is C23H22N4O3. The molecule has 7 heteroatoms. The molecule has 0 radical (unpaired) electrons. The monoisotopic (exact) mass is 402 g/mol. The maximum Gasteiger partial charge on any atom is 0.262 e. The second-order valence-corrected chi connectivity index (χ2v) is 6.99. The van der Waals surface area contributed by atoms with Crippen LogP contribution in [0.15, 0.2) is 60.7 Å². The molecule has 0 aliphatic heterocycles. The topological polar surface area (TPSA) is 78.3 Å². The fourth-order valence-electron chi connectivity index (χ4n) is 3.24. The van der Waals surface area contributed by atoms with Crippen molar-refractivity contribution in [2.45, 2.75) is 13.8 Å². The molecule has 0 saturated carbocycles. The molecule has 152 valence electrons. The lowest BCUT2D eigenvalue weighted by atomic mass is 10.2. The predicted molar refractivity (Wildman–Crippen MR) is 115 cm³/mol. The third-order valence-electron chi connectivity index (χ3n) is 4.52. The van der Waals surface area contributed by atoms with Crippen molar-refractivity contribution in [3.05, 3.63) is 71.9 Å². The molecule has 0 fully saturated rings. The molecule has 4 aromatic rings. The molecule has 0 unspecified atom stereocenters. The first-order valence-corrected chi connectivity index (χ1v) is 9.56. The number of amides is 1. The van der Waals surface area contributed by atoms with Gasteiger partial charge < -0.3 is 14.8 Å². The molecule has 4 rings (SSSR count). The van der Waals surface area contributed by atoms with Crippen molar-refractivity contribution >= 4 is 22.6 Å². The number of anilines is 1. The number of aromatic nitrogens is 3. The zero-order valence-electron chi connectivity index (χ0n) is 17.0. The first kappa shape index (κ1) is 19.4. The summed E-state index contributed by atoms with van der Waals surface area (Å²) in [6, 6.07) is 18.6. The fourth-order valence-corrected chi connectivity index (χ4v) is 3.24. The number of nitrogens with one attached hydrogen (secondary N) is 1. The molecule has 30 heavy (non-hydrogen) atoms. The van der Waals surface area contributed by atoms with E-state index in [1.165, 1.54) is 0 Å². The highest BCUT2D eigenvalue weighted by Crippen LogP contribution is 2.27. The van der Waals surface area contributed by atoms with Crippen molar-refractivity contribution in [1.29, 1.82) is 0 Å². The minimum absolute atomic E-state index is 0.163. The average molecular weight is 402 g/mol. The van der Waals surface area contributed by atoms with E-state index in [0.29, 0.717) is 17.3 Å². The van der Waals surface area contributed by atoms with Gasteiger partial charge in [-0.2, -0.15) is 0 Å². The molecule has 2 aromatic carbocycles. The van der Waals surface area contributed by atoms with Crippen molar-refractivity contribution in [3.8, 4) is 17.4 Å². The summed E-state index contributed by atoms with van der Waals surface area (Å²) in [6.07, 6.45) is 0. The van der Waals surface area contributed by atoms with Crippen LogP contribution in [0, 0.1) is 13.8 Å². The van der Waals surface area contributed by atoms with Gasteiger partial charge in [0.1, 0.15) is 11.5 Å². The molecule has 0 spiro atoms. The smallest absolute Gasteiger partial charge is 0.262 e. The van der Waals surface area contributed by atoms with Crippen molar-refractivity contribution in [3.63, 3.8) is 0 Å². The first-order valence-electron chi connectivity index (χ1n) is 9.56. The van der Waals surface area contributed by atoms with E-state index in [1.54, 1.807) is 23.9 Å². The Kier molecular flexibility index (Phi) is 5.34. The van der Waals surface area contributed by atoms with Gasteiger partial charge in [-0.15, -0.1) is 5.10 Å². The highest BCUT2D eigenvalue weighted by Gasteiger charge is 2.15. The van der Waals surface area contributed by atoms with Gasteiger partial charge in [0.2, 0.25) is 5.88 Å². The number of hydrogen-bond donors (Lipinski definition) is 1. The van der Waals surface area contributed by atoms with Crippen LogP contribution >= 0.6 is 0 Å². The molecule has 0 saturated heterocycles. The van der Waals surface area contributed by atoms with E-state index in [4.69, 9.17) is 9.47 Å². The van der Waals surface area contributed by atoms with Crippen molar-refractivity contribution in [1.82, 2.24) is 14.8 Å². The Morgan fingerprint density at radius 2 is 1.80 bits per heavy atom. The van der Waals surface area contributed by atoms with Gasteiger partial charge in [-0.3, -0.25) is 4.79 Å². The normalized spacial score (nSPS) is 10.8. The van der Waals surface area contributed by atoms with E-state index in [1.807, 2.05) is 62.4 Å². The molecule has 1 amide bonds. The number of benzene rings is 2. The largest absolute Gasteiger partial charge is 0.466 e. The second-order valence-electron chi connectivity index (χ2n) is 6.99. The lowest BCUT2D eigenvalue weighted by Gasteiger charge is -2.09. The zero-order valence-corrected chi connectivity index (χ0v) is 17.0. The molecule has 7 nitrogen and oxygen atoms in total. The number of aryl methyl sites for hydroxylation is 3. The Morgan fingerprint density at radius 1 is 1.03 bits per heavy atom. The third kappa shape index (κ3) is 4.25. The number of rotatable bonds is 6. The number of ether oxygens (including phenoxy) is 2. The van der Waals surface area contributed by atoms with Crippen LogP contribution in [-0.4, -0.2) is 27.3 Å². The summed E-state index contributed by atoms with van der Waals surface area (Å²) in [6.45, 7) is 3.75. The summed E-state index contributed by atoms with van der Waals surface area (Å²) in [5, 5.41) is 8.00. The molecule has 0 aliphatic rings. The van der Waals surface area contributed by atoms with Crippen molar-refractivity contribution in [2.24, 2.45) is 7.05 Å². The lowest BCUT2D eigenvalue weighted by molar-refractivity contribution is -0.118. The molecular weight excluding hydrogens is 380 g/mol. The van der Waals surface area contributed by atoms with E-state index < -0.39 is 0 Å². The zero-order chi connectivity index (χ0) is 21.1.